The third kappa shape index (κ3) is 11.4. The highest BCUT2D eigenvalue weighted by molar-refractivity contribution is 7.92. The molecule has 2 amide bonds. The molecule has 7 aromatic rings. The lowest BCUT2D eigenvalue weighted by atomic mass is 10.0. The Morgan fingerprint density at radius 3 is 1.76 bits per heavy atom. The molecule has 1 aliphatic rings. The molecule has 0 unspecified atom stereocenters. The highest BCUT2D eigenvalue weighted by Gasteiger charge is 2.28. The van der Waals surface area contributed by atoms with E-state index in [9.17, 15) is 51.2 Å². The number of piperidine rings is 1. The van der Waals surface area contributed by atoms with Crippen LogP contribution in [0, 0.1) is 11.7 Å². The molecule has 66 heavy (non-hydrogen) atoms. The predicted molar refractivity (Wildman–Crippen MR) is 249 cm³/mol. The maximum Gasteiger partial charge on any atom is 0.261 e. The van der Waals surface area contributed by atoms with Crippen LogP contribution in [0.2, 0.25) is 0 Å². The van der Waals surface area contributed by atoms with Crippen LogP contribution in [-0.2, 0) is 33.0 Å². The number of fused-ring (bicyclic) bond motifs is 2. The van der Waals surface area contributed by atoms with Gasteiger partial charge in [-0.1, -0.05) is 43.3 Å². The van der Waals surface area contributed by atoms with Crippen molar-refractivity contribution in [3.63, 3.8) is 0 Å². The van der Waals surface area contributed by atoms with Gasteiger partial charge in [-0.15, -0.1) is 0 Å². The van der Waals surface area contributed by atoms with Crippen molar-refractivity contribution in [1.82, 2.24) is 14.9 Å². The number of nitrogens with one attached hydrogen (secondary N) is 3. The minimum Gasteiger partial charge on any atom is -0.508 e. The number of phenolic OH excluding ortho intramolecular Hbond substituents is 4. The zero-order valence-electron chi connectivity index (χ0n) is 35.6. The van der Waals surface area contributed by atoms with Gasteiger partial charge >= 0.3 is 0 Å². The van der Waals surface area contributed by atoms with Gasteiger partial charge in [0, 0.05) is 31.9 Å². The maximum absolute atomic E-state index is 13.0. The molecule has 0 atom stereocenters. The van der Waals surface area contributed by atoms with Crippen molar-refractivity contribution in [1.29, 1.82) is 0 Å². The first-order chi connectivity index (χ1) is 31.4. The third-order valence-corrected chi connectivity index (χ3v) is 14.4. The van der Waals surface area contributed by atoms with Crippen molar-refractivity contribution < 1.29 is 51.2 Å². The van der Waals surface area contributed by atoms with Crippen molar-refractivity contribution in [2.75, 3.05) is 24.4 Å². The minimum atomic E-state index is -3.84. The van der Waals surface area contributed by atoms with E-state index >= 15 is 0 Å². The van der Waals surface area contributed by atoms with Gasteiger partial charge in [-0.05, 0) is 155 Å². The third-order valence-electron chi connectivity index (χ3n) is 11.1. The Balaban J connectivity index is 0.000000197. The SMILES string of the molecule is CC1CCN(S(=O)(=O)c2cccc(CNC(=O)c3cc4cc(O)ccc4cc3O)c2)CC1.O=C(NCCc1ccc(NS(=O)(=O)c2ccc(F)cc2)cc1)c1cc2cc(O)ccc2cc1O. The van der Waals surface area contributed by atoms with Crippen molar-refractivity contribution in [2.24, 2.45) is 5.92 Å². The number of benzene rings is 7. The zero-order chi connectivity index (χ0) is 47.2. The van der Waals surface area contributed by atoms with E-state index in [0.29, 0.717) is 58.2 Å². The Hall–Kier alpha value is -7.21. The fraction of sp³-hybridized carbons (Fsp3) is 0.184. The first kappa shape index (κ1) is 46.8. The normalized spacial score (nSPS) is 13.4. The van der Waals surface area contributed by atoms with Gasteiger partial charge in [-0.2, -0.15) is 4.31 Å². The summed E-state index contributed by atoms with van der Waals surface area (Å²) in [5.41, 5.74) is 2.03. The van der Waals surface area contributed by atoms with Gasteiger partial charge in [-0.3, -0.25) is 14.3 Å². The molecule has 1 heterocycles. The molecular weight excluding hydrogens is 888 g/mol. The molecule has 0 aromatic heterocycles. The molecule has 1 fully saturated rings. The first-order valence-corrected chi connectivity index (χ1v) is 23.8. The molecule has 14 nitrogen and oxygen atoms in total. The van der Waals surface area contributed by atoms with E-state index in [-0.39, 0.29) is 57.0 Å². The Kier molecular flexibility index (Phi) is 14.1. The lowest BCUT2D eigenvalue weighted by molar-refractivity contribution is 0.0941. The first-order valence-electron chi connectivity index (χ1n) is 20.9. The van der Waals surface area contributed by atoms with Gasteiger partial charge in [0.25, 0.3) is 21.8 Å². The van der Waals surface area contributed by atoms with Crippen molar-refractivity contribution in [2.45, 2.75) is 42.5 Å². The largest absolute Gasteiger partial charge is 0.508 e. The number of aromatic hydroxyl groups is 4. The summed E-state index contributed by atoms with van der Waals surface area (Å²) >= 11 is 0. The van der Waals surface area contributed by atoms with Crippen molar-refractivity contribution in [3.8, 4) is 23.0 Å². The van der Waals surface area contributed by atoms with E-state index in [1.54, 1.807) is 60.7 Å². The molecule has 0 bridgehead atoms. The Morgan fingerprint density at radius 1 is 0.621 bits per heavy atom. The van der Waals surface area contributed by atoms with Gasteiger partial charge < -0.3 is 31.1 Å². The molecule has 7 N–H and O–H groups in total. The smallest absolute Gasteiger partial charge is 0.261 e. The predicted octanol–water partition coefficient (Wildman–Crippen LogP) is 7.77. The van der Waals surface area contributed by atoms with E-state index < -0.39 is 37.7 Å². The van der Waals surface area contributed by atoms with Crippen LogP contribution in [0.15, 0.2) is 143 Å². The van der Waals surface area contributed by atoms with Crippen LogP contribution in [0.3, 0.4) is 0 Å². The summed E-state index contributed by atoms with van der Waals surface area (Å²) in [5.74, 6) is -1.14. The summed E-state index contributed by atoms with van der Waals surface area (Å²) in [4.78, 5) is 25.3. The number of carbonyl (C=O) groups is 2. The van der Waals surface area contributed by atoms with E-state index in [1.807, 2.05) is 0 Å². The number of sulfonamides is 2. The second-order valence-corrected chi connectivity index (χ2v) is 19.6. The van der Waals surface area contributed by atoms with E-state index in [0.717, 1.165) is 30.5 Å². The number of phenols is 4. The number of nitrogens with zero attached hydrogens (tertiary/aromatic N) is 1. The standard InChI is InChI=1S/C25H21FN2O5S.C24H26N2O5S/c26-19-4-9-22(10-5-19)34(32,33)28-20-6-1-16(2-7-20)11-12-27-25(31)23-14-18-13-21(29)8-3-17(18)15-24(23)30;1-16-7-9-26(10-8-16)32(30,31)21-4-2-3-17(11-21)15-25-24(29)22-13-19-12-20(27)6-5-18(19)14-23(22)28/h1-10,13-15,28-30H,11-12H2,(H,27,31);2-6,11-14,16,27-28H,7-10,15H2,1H3,(H,25,29). The van der Waals surface area contributed by atoms with E-state index in [4.69, 9.17) is 0 Å². The van der Waals surface area contributed by atoms with Crippen LogP contribution in [0.1, 0.15) is 51.6 Å². The summed E-state index contributed by atoms with van der Waals surface area (Å²) < 4.78 is 67.7. The monoisotopic (exact) mass is 934 g/mol. The summed E-state index contributed by atoms with van der Waals surface area (Å²) in [5, 5.41) is 47.8. The van der Waals surface area contributed by atoms with Gasteiger partial charge in [0.05, 0.1) is 20.9 Å². The lowest BCUT2D eigenvalue weighted by Gasteiger charge is -2.29. The molecule has 17 heteroatoms. The number of carbonyl (C=O) groups excluding carboxylic acids is 2. The molecule has 1 saturated heterocycles. The molecule has 0 radical (unpaired) electrons. The topological polar surface area (TPSA) is 223 Å². The number of halogens is 1. The maximum atomic E-state index is 13.0. The number of amides is 2. The molecule has 0 saturated carbocycles. The number of anilines is 1. The Bertz CT molecular complexity index is 3140. The van der Waals surface area contributed by atoms with E-state index in [1.165, 1.54) is 65.0 Å². The van der Waals surface area contributed by atoms with Gasteiger partial charge in [0.1, 0.15) is 28.8 Å². The lowest BCUT2D eigenvalue weighted by Crippen LogP contribution is -2.37. The summed E-state index contributed by atoms with van der Waals surface area (Å²) in [7, 11) is -7.41. The fourth-order valence-corrected chi connectivity index (χ4v) is 9.96. The Labute approximate surface area is 381 Å². The van der Waals surface area contributed by atoms with Crippen LogP contribution >= 0.6 is 0 Å². The second kappa shape index (κ2) is 19.9. The van der Waals surface area contributed by atoms with Crippen LogP contribution in [0.25, 0.3) is 21.5 Å². The molecular formula is C49H47FN4O10S2. The summed E-state index contributed by atoms with van der Waals surface area (Å²) in [6, 6.07) is 33.0. The summed E-state index contributed by atoms with van der Waals surface area (Å²) in [6.45, 7) is 3.56. The molecule has 0 spiro atoms. The van der Waals surface area contributed by atoms with Gasteiger partial charge in [0.2, 0.25) is 10.0 Å². The number of hydrogen-bond donors (Lipinski definition) is 7. The van der Waals surface area contributed by atoms with E-state index in [2.05, 4.69) is 22.3 Å². The molecule has 7 aromatic carbocycles. The number of hydrogen-bond acceptors (Lipinski definition) is 10. The van der Waals surface area contributed by atoms with Gasteiger partial charge in [-0.25, -0.2) is 21.2 Å². The van der Waals surface area contributed by atoms with Crippen LogP contribution in [0.4, 0.5) is 10.1 Å². The zero-order valence-corrected chi connectivity index (χ0v) is 37.2. The van der Waals surface area contributed by atoms with Crippen molar-refractivity contribution in [3.05, 3.63) is 162 Å². The summed E-state index contributed by atoms with van der Waals surface area (Å²) in [6.07, 6.45) is 2.18. The minimum absolute atomic E-state index is 0.0483. The quantitative estimate of drug-likeness (QED) is 0.0631. The van der Waals surface area contributed by atoms with Gasteiger partial charge in [0.15, 0.2) is 0 Å². The molecule has 8 rings (SSSR count). The number of rotatable bonds is 12. The van der Waals surface area contributed by atoms with Crippen LogP contribution in [-0.4, -0.2) is 73.0 Å². The molecule has 342 valence electrons. The molecule has 0 aliphatic carbocycles. The average molecular weight is 935 g/mol. The Morgan fingerprint density at radius 2 is 1.18 bits per heavy atom. The van der Waals surface area contributed by atoms with Crippen molar-refractivity contribution >= 4 is 59.1 Å². The highest BCUT2D eigenvalue weighted by Crippen LogP contribution is 2.30. The average Bonchev–Trinajstić information content (AvgIpc) is 3.29. The fourth-order valence-electron chi connectivity index (χ4n) is 7.36. The van der Waals surface area contributed by atoms with Crippen LogP contribution in [0.5, 0.6) is 23.0 Å². The highest BCUT2D eigenvalue weighted by atomic mass is 32.2. The molecule has 1 aliphatic heterocycles. The second-order valence-electron chi connectivity index (χ2n) is 16.0. The van der Waals surface area contributed by atoms with Crippen LogP contribution < -0.4 is 15.4 Å².